The minimum absolute atomic E-state index is 0.0323. The van der Waals surface area contributed by atoms with Gasteiger partial charge in [0.1, 0.15) is 5.69 Å². The molecule has 154 valence electrons. The van der Waals surface area contributed by atoms with Crippen LogP contribution >= 0.6 is 0 Å². The number of carbonyl (C=O) groups excluding carboxylic acids is 1. The fraction of sp³-hybridized carbons (Fsp3) is 0.150. The van der Waals surface area contributed by atoms with Crippen molar-refractivity contribution in [2.24, 2.45) is 5.14 Å². The van der Waals surface area contributed by atoms with E-state index in [1.54, 1.807) is 32.3 Å². The largest absolute Gasteiger partial charge is 0.327 e. The molecule has 0 saturated heterocycles. The third kappa shape index (κ3) is 3.36. The van der Waals surface area contributed by atoms with E-state index in [0.717, 1.165) is 5.69 Å². The van der Waals surface area contributed by atoms with Gasteiger partial charge in [0.25, 0.3) is 5.91 Å². The quantitative estimate of drug-likeness (QED) is 0.662. The van der Waals surface area contributed by atoms with E-state index in [1.165, 1.54) is 17.0 Å². The second-order valence-corrected chi connectivity index (χ2v) is 8.55. The number of hydrogen-bond donors (Lipinski definition) is 2. The van der Waals surface area contributed by atoms with Crippen LogP contribution in [0.3, 0.4) is 0 Å². The van der Waals surface area contributed by atoms with E-state index in [4.69, 9.17) is 5.14 Å². The van der Waals surface area contributed by atoms with Gasteiger partial charge >= 0.3 is 0 Å². The van der Waals surface area contributed by atoms with E-state index >= 15 is 0 Å². The normalized spacial score (nSPS) is 13.5. The monoisotopic (exact) mass is 424 g/mol. The molecule has 0 bridgehead atoms. The molecule has 9 nitrogen and oxygen atoms in total. The molecular weight excluding hydrogens is 404 g/mol. The van der Waals surface area contributed by atoms with Crippen LogP contribution in [0.2, 0.25) is 0 Å². The second-order valence-electron chi connectivity index (χ2n) is 6.99. The molecule has 0 unspecified atom stereocenters. The molecule has 3 aromatic rings. The molecular formula is C20H20N6O3S. The number of primary sulfonamides is 1. The molecule has 1 aromatic heterocycles. The summed E-state index contributed by atoms with van der Waals surface area (Å²) in [5.74, 6) is 0.731. The first-order chi connectivity index (χ1) is 14.2. The van der Waals surface area contributed by atoms with Gasteiger partial charge < -0.3 is 15.1 Å². The van der Waals surface area contributed by atoms with Crippen molar-refractivity contribution in [1.29, 1.82) is 0 Å². The first-order valence-corrected chi connectivity index (χ1v) is 10.6. The van der Waals surface area contributed by atoms with Crippen LogP contribution in [-0.4, -0.2) is 38.4 Å². The second kappa shape index (κ2) is 7.08. The highest BCUT2D eigenvalue weighted by Crippen LogP contribution is 2.38. The zero-order chi connectivity index (χ0) is 21.6. The molecule has 1 aliphatic rings. The number of benzene rings is 2. The van der Waals surface area contributed by atoms with Crippen LogP contribution in [-0.2, 0) is 10.0 Å². The molecule has 4 rings (SSSR count). The molecule has 0 atom stereocenters. The predicted molar refractivity (Wildman–Crippen MR) is 115 cm³/mol. The topological polar surface area (TPSA) is 122 Å². The highest BCUT2D eigenvalue weighted by atomic mass is 32.2. The van der Waals surface area contributed by atoms with E-state index in [0.29, 0.717) is 34.3 Å². The molecule has 2 heterocycles. The summed E-state index contributed by atoms with van der Waals surface area (Å²) in [5.41, 5.74) is 3.20. The lowest BCUT2D eigenvalue weighted by Gasteiger charge is -2.21. The average Bonchev–Trinajstić information content (AvgIpc) is 2.79. The third-order valence-electron chi connectivity index (χ3n) is 5.00. The van der Waals surface area contributed by atoms with Gasteiger partial charge in [-0.05, 0) is 42.8 Å². The molecule has 0 radical (unpaired) electrons. The van der Waals surface area contributed by atoms with Gasteiger partial charge in [0, 0.05) is 19.8 Å². The van der Waals surface area contributed by atoms with Gasteiger partial charge in [-0.25, -0.2) is 18.5 Å². The van der Waals surface area contributed by atoms with Crippen molar-refractivity contribution in [2.45, 2.75) is 11.8 Å². The Hall–Kier alpha value is -3.50. The van der Waals surface area contributed by atoms with E-state index in [9.17, 15) is 13.2 Å². The Kier molecular flexibility index (Phi) is 4.67. The molecule has 0 fully saturated rings. The Labute approximate surface area is 174 Å². The summed E-state index contributed by atoms with van der Waals surface area (Å²) < 4.78 is 23.1. The van der Waals surface area contributed by atoms with Crippen molar-refractivity contribution in [1.82, 2.24) is 9.97 Å². The van der Waals surface area contributed by atoms with Gasteiger partial charge in [-0.1, -0.05) is 12.1 Å². The fourth-order valence-electron chi connectivity index (χ4n) is 3.34. The Morgan fingerprint density at radius 2 is 1.77 bits per heavy atom. The molecule has 0 spiro atoms. The first kappa shape index (κ1) is 19.8. The number of hydrogen-bond acceptors (Lipinski definition) is 7. The number of aryl methyl sites for hydroxylation is 1. The van der Waals surface area contributed by atoms with Crippen LogP contribution in [0.4, 0.5) is 28.8 Å². The van der Waals surface area contributed by atoms with Crippen LogP contribution in [0.5, 0.6) is 0 Å². The van der Waals surface area contributed by atoms with Gasteiger partial charge in [-0.15, -0.1) is 0 Å². The maximum Gasteiger partial charge on any atom is 0.260 e. The predicted octanol–water partition coefficient (Wildman–Crippen LogP) is 2.53. The van der Waals surface area contributed by atoms with Crippen LogP contribution in [0.15, 0.2) is 53.6 Å². The van der Waals surface area contributed by atoms with Crippen molar-refractivity contribution in [3.05, 3.63) is 59.8 Å². The summed E-state index contributed by atoms with van der Waals surface area (Å²) >= 11 is 0. The summed E-state index contributed by atoms with van der Waals surface area (Å²) in [7, 11) is -0.257. The smallest absolute Gasteiger partial charge is 0.260 e. The number of anilines is 5. The molecule has 1 aliphatic heterocycles. The highest BCUT2D eigenvalue weighted by molar-refractivity contribution is 7.89. The van der Waals surface area contributed by atoms with Gasteiger partial charge in [0.2, 0.25) is 16.0 Å². The van der Waals surface area contributed by atoms with Crippen LogP contribution in [0, 0.1) is 6.92 Å². The van der Waals surface area contributed by atoms with Gasteiger partial charge in [-0.3, -0.25) is 4.79 Å². The van der Waals surface area contributed by atoms with E-state index in [-0.39, 0.29) is 10.8 Å². The molecule has 0 aliphatic carbocycles. The SMILES string of the molecule is Cc1cc(S(N)(=O)=O)ccc1Nc1ncc2c(n1)N(C)c1ccccc1C(=O)N2C. The van der Waals surface area contributed by atoms with Gasteiger partial charge in [-0.2, -0.15) is 4.98 Å². The summed E-state index contributed by atoms with van der Waals surface area (Å²) in [6, 6.07) is 11.8. The third-order valence-corrected chi connectivity index (χ3v) is 5.91. The molecule has 1 amide bonds. The number of nitrogens with zero attached hydrogens (tertiary/aromatic N) is 4. The average molecular weight is 424 g/mol. The van der Waals surface area contributed by atoms with Gasteiger partial charge in [0.05, 0.1) is 22.3 Å². The minimum Gasteiger partial charge on any atom is -0.327 e. The van der Waals surface area contributed by atoms with Crippen molar-refractivity contribution >= 4 is 44.8 Å². The molecule has 0 saturated carbocycles. The number of rotatable bonds is 3. The van der Waals surface area contributed by atoms with E-state index < -0.39 is 10.0 Å². The lowest BCUT2D eigenvalue weighted by Crippen LogP contribution is -2.25. The molecule has 30 heavy (non-hydrogen) atoms. The summed E-state index contributed by atoms with van der Waals surface area (Å²) in [6.45, 7) is 1.76. The first-order valence-electron chi connectivity index (χ1n) is 9.05. The number of nitrogens with one attached hydrogen (secondary N) is 1. The lowest BCUT2D eigenvalue weighted by atomic mass is 10.1. The van der Waals surface area contributed by atoms with Crippen molar-refractivity contribution in [3.63, 3.8) is 0 Å². The summed E-state index contributed by atoms with van der Waals surface area (Å²) in [4.78, 5) is 25.2. The zero-order valence-electron chi connectivity index (χ0n) is 16.6. The Morgan fingerprint density at radius 1 is 1.03 bits per heavy atom. The minimum atomic E-state index is -3.78. The summed E-state index contributed by atoms with van der Waals surface area (Å²) in [5, 5.41) is 8.29. The van der Waals surface area contributed by atoms with E-state index in [1.807, 2.05) is 30.1 Å². The number of carbonyl (C=O) groups is 1. The van der Waals surface area contributed by atoms with Crippen LogP contribution in [0.1, 0.15) is 15.9 Å². The van der Waals surface area contributed by atoms with Crippen LogP contribution in [0.25, 0.3) is 0 Å². The Bertz CT molecular complexity index is 1280. The number of nitrogens with two attached hydrogens (primary N) is 1. The summed E-state index contributed by atoms with van der Waals surface area (Å²) in [6.07, 6.45) is 1.58. The molecule has 10 heteroatoms. The number of fused-ring (bicyclic) bond motifs is 2. The van der Waals surface area contributed by atoms with E-state index in [2.05, 4.69) is 15.3 Å². The van der Waals surface area contributed by atoms with Crippen molar-refractivity contribution in [3.8, 4) is 0 Å². The maximum atomic E-state index is 12.8. The number of para-hydroxylation sites is 1. The van der Waals surface area contributed by atoms with Crippen molar-refractivity contribution < 1.29 is 13.2 Å². The number of sulfonamides is 1. The van der Waals surface area contributed by atoms with Gasteiger partial charge in [0.15, 0.2) is 5.82 Å². The number of amides is 1. The fourth-order valence-corrected chi connectivity index (χ4v) is 3.93. The lowest BCUT2D eigenvalue weighted by molar-refractivity contribution is 0.0994. The maximum absolute atomic E-state index is 12.8. The van der Waals surface area contributed by atoms with Crippen molar-refractivity contribution in [2.75, 3.05) is 29.2 Å². The standard InChI is InChI=1S/C20H20N6O3S/c1-12-10-13(30(21,28)29)8-9-15(12)23-20-22-11-17-18(24-20)25(2)16-7-5-4-6-14(16)19(27)26(17)3/h4-11H,1-3H3,(H2,21,28,29)(H,22,23,24). The zero-order valence-corrected chi connectivity index (χ0v) is 17.4. The Balaban J connectivity index is 1.74. The van der Waals surface area contributed by atoms with Crippen LogP contribution < -0.4 is 20.3 Å². The molecule has 2 aromatic carbocycles. The molecule has 3 N–H and O–H groups in total. The highest BCUT2D eigenvalue weighted by Gasteiger charge is 2.28. The Morgan fingerprint density at radius 3 is 2.47 bits per heavy atom. The number of aromatic nitrogens is 2.